The smallest absolute Gasteiger partial charge is 0.0520 e. The van der Waals surface area contributed by atoms with Gasteiger partial charge in [-0.1, -0.05) is 64.7 Å². The van der Waals surface area contributed by atoms with Gasteiger partial charge in [0.1, 0.15) is 0 Å². The van der Waals surface area contributed by atoms with Crippen LogP contribution in [0.25, 0.3) is 0 Å². The molecule has 0 amide bonds. The Bertz CT molecular complexity index is 108. The molecule has 0 aromatic heterocycles. The number of halogens is 1. The van der Waals surface area contributed by atoms with Crippen LogP contribution in [0.4, 0.5) is 0 Å². The maximum atomic E-state index is 5.47. The van der Waals surface area contributed by atoms with E-state index in [4.69, 9.17) is 11.5 Å². The van der Waals surface area contributed by atoms with Gasteiger partial charge in [0.15, 0.2) is 0 Å². The van der Waals surface area contributed by atoms with Gasteiger partial charge in [-0.15, -0.1) is 12.4 Å². The van der Waals surface area contributed by atoms with Crippen LogP contribution in [0.5, 0.6) is 0 Å². The van der Waals surface area contributed by atoms with Crippen LogP contribution in [0.15, 0.2) is 0 Å². The van der Waals surface area contributed by atoms with Crippen molar-refractivity contribution < 1.29 is 0 Å². The second kappa shape index (κ2) is 14.2. The van der Waals surface area contributed by atoms with Gasteiger partial charge in [-0.25, -0.2) is 0 Å². The van der Waals surface area contributed by atoms with E-state index >= 15 is 0 Å². The number of nitrogens with two attached hydrogens (primary N) is 2. The molecular weight excluding hydrogens is 208 g/mol. The molecule has 0 heterocycles. The Hall–Kier alpha value is 0.210. The summed E-state index contributed by atoms with van der Waals surface area (Å²) in [5.74, 6) is 0. The van der Waals surface area contributed by atoms with Gasteiger partial charge >= 0.3 is 0 Å². The lowest BCUT2D eigenvalue weighted by Gasteiger charge is -2.04. The molecule has 94 valence electrons. The fourth-order valence-corrected chi connectivity index (χ4v) is 1.69. The van der Waals surface area contributed by atoms with Crippen molar-refractivity contribution in [1.82, 2.24) is 0 Å². The fourth-order valence-electron chi connectivity index (χ4n) is 1.69. The van der Waals surface area contributed by atoms with Crippen LogP contribution in [0.1, 0.15) is 71.1 Å². The highest BCUT2D eigenvalue weighted by atomic mass is 35.5. The van der Waals surface area contributed by atoms with Crippen molar-refractivity contribution in [3.63, 3.8) is 0 Å². The molecule has 0 saturated carbocycles. The van der Waals surface area contributed by atoms with E-state index in [1.54, 1.807) is 0 Å². The predicted octanol–water partition coefficient (Wildman–Crippen LogP) is 3.57. The Morgan fingerprint density at radius 1 is 0.733 bits per heavy atom. The molecule has 0 aliphatic rings. The molecule has 0 aromatic rings. The van der Waals surface area contributed by atoms with Gasteiger partial charge in [0, 0.05) is 0 Å². The zero-order chi connectivity index (χ0) is 10.6. The summed E-state index contributed by atoms with van der Waals surface area (Å²) in [6.45, 7) is 2.26. The zero-order valence-electron chi connectivity index (χ0n) is 10.2. The molecule has 4 N–H and O–H groups in total. The van der Waals surface area contributed by atoms with Crippen molar-refractivity contribution >= 4 is 12.4 Å². The molecule has 0 fully saturated rings. The third-order valence-corrected chi connectivity index (χ3v) is 2.64. The molecule has 0 spiro atoms. The van der Waals surface area contributed by atoms with E-state index in [9.17, 15) is 0 Å². The SMILES string of the molecule is CCCCCCCCCCCC(N)N.Cl. The second-order valence-corrected chi connectivity index (χ2v) is 4.28. The van der Waals surface area contributed by atoms with Crippen LogP contribution in [0, 0.1) is 0 Å². The average Bonchev–Trinajstić information content (AvgIpc) is 2.15. The number of hydrogen-bond donors (Lipinski definition) is 2. The van der Waals surface area contributed by atoms with Crippen LogP contribution in [-0.2, 0) is 0 Å². The number of hydrogen-bond acceptors (Lipinski definition) is 2. The average molecular weight is 237 g/mol. The first-order valence-corrected chi connectivity index (χ1v) is 6.28. The molecule has 0 rings (SSSR count). The molecule has 2 nitrogen and oxygen atoms in total. The first kappa shape index (κ1) is 17.6. The van der Waals surface area contributed by atoms with Gasteiger partial charge in [-0.2, -0.15) is 0 Å². The summed E-state index contributed by atoms with van der Waals surface area (Å²) in [4.78, 5) is 0. The Kier molecular flexibility index (Phi) is 16.7. The monoisotopic (exact) mass is 236 g/mol. The first-order chi connectivity index (χ1) is 6.77. The maximum absolute atomic E-state index is 5.47. The van der Waals surface area contributed by atoms with Crippen molar-refractivity contribution in [2.75, 3.05) is 0 Å². The molecule has 0 aliphatic carbocycles. The molecule has 0 radical (unpaired) electrons. The van der Waals surface area contributed by atoms with Crippen molar-refractivity contribution in [2.24, 2.45) is 11.5 Å². The van der Waals surface area contributed by atoms with Crippen molar-refractivity contribution in [3.05, 3.63) is 0 Å². The molecule has 0 bridgehead atoms. The van der Waals surface area contributed by atoms with Gasteiger partial charge in [0.2, 0.25) is 0 Å². The number of unbranched alkanes of at least 4 members (excludes halogenated alkanes) is 8. The summed E-state index contributed by atoms with van der Waals surface area (Å²) < 4.78 is 0. The van der Waals surface area contributed by atoms with E-state index < -0.39 is 0 Å². The highest BCUT2D eigenvalue weighted by Crippen LogP contribution is 2.10. The van der Waals surface area contributed by atoms with Crippen LogP contribution in [0.3, 0.4) is 0 Å². The Labute approximate surface area is 102 Å². The quantitative estimate of drug-likeness (QED) is 0.450. The van der Waals surface area contributed by atoms with E-state index in [2.05, 4.69) is 6.92 Å². The van der Waals surface area contributed by atoms with Crippen LogP contribution in [-0.4, -0.2) is 6.17 Å². The van der Waals surface area contributed by atoms with Crippen LogP contribution in [0.2, 0.25) is 0 Å². The normalized spacial score (nSPS) is 10.4. The minimum atomic E-state index is -0.0976. The topological polar surface area (TPSA) is 52.0 Å². The lowest BCUT2D eigenvalue weighted by atomic mass is 10.1. The van der Waals surface area contributed by atoms with Crippen LogP contribution < -0.4 is 11.5 Å². The minimum Gasteiger partial charge on any atom is -0.316 e. The van der Waals surface area contributed by atoms with Crippen LogP contribution >= 0.6 is 12.4 Å². The highest BCUT2D eigenvalue weighted by Gasteiger charge is 1.94. The van der Waals surface area contributed by atoms with Crippen molar-refractivity contribution in [3.8, 4) is 0 Å². The Morgan fingerprint density at radius 3 is 1.53 bits per heavy atom. The highest BCUT2D eigenvalue weighted by molar-refractivity contribution is 5.85. The minimum absolute atomic E-state index is 0. The molecule has 0 saturated heterocycles. The summed E-state index contributed by atoms with van der Waals surface area (Å²) in [5, 5.41) is 0. The predicted molar refractivity (Wildman–Crippen MR) is 71.3 cm³/mol. The fraction of sp³-hybridized carbons (Fsp3) is 1.00. The summed E-state index contributed by atoms with van der Waals surface area (Å²) in [6.07, 6.45) is 13.1. The largest absolute Gasteiger partial charge is 0.316 e. The van der Waals surface area contributed by atoms with E-state index in [0.29, 0.717) is 0 Å². The molecule has 3 heteroatoms. The van der Waals surface area contributed by atoms with Crippen molar-refractivity contribution in [1.29, 1.82) is 0 Å². The maximum Gasteiger partial charge on any atom is 0.0520 e. The molecule has 0 atom stereocenters. The van der Waals surface area contributed by atoms with Gasteiger partial charge in [-0.3, -0.25) is 0 Å². The standard InChI is InChI=1S/C12H28N2.ClH/c1-2-3-4-5-6-7-8-9-10-11-12(13)14;/h12H,2-11,13-14H2,1H3;1H. The van der Waals surface area contributed by atoms with E-state index in [-0.39, 0.29) is 18.6 Å². The summed E-state index contributed by atoms with van der Waals surface area (Å²) in [6, 6.07) is 0. The van der Waals surface area contributed by atoms with E-state index in [0.717, 1.165) is 6.42 Å². The Morgan fingerprint density at radius 2 is 1.13 bits per heavy atom. The molecule has 0 unspecified atom stereocenters. The van der Waals surface area contributed by atoms with E-state index in [1.807, 2.05) is 0 Å². The van der Waals surface area contributed by atoms with Gasteiger partial charge in [0.25, 0.3) is 0 Å². The summed E-state index contributed by atoms with van der Waals surface area (Å²) >= 11 is 0. The lowest BCUT2D eigenvalue weighted by Crippen LogP contribution is -2.29. The molecule has 15 heavy (non-hydrogen) atoms. The molecular formula is C12H29ClN2. The second-order valence-electron chi connectivity index (χ2n) is 4.28. The molecule has 0 aliphatic heterocycles. The number of rotatable bonds is 10. The van der Waals surface area contributed by atoms with Crippen molar-refractivity contribution in [2.45, 2.75) is 77.3 Å². The third kappa shape index (κ3) is 16.9. The van der Waals surface area contributed by atoms with Gasteiger partial charge in [0.05, 0.1) is 6.17 Å². The van der Waals surface area contributed by atoms with E-state index in [1.165, 1.54) is 57.8 Å². The zero-order valence-corrected chi connectivity index (χ0v) is 11.0. The third-order valence-electron chi connectivity index (χ3n) is 2.64. The van der Waals surface area contributed by atoms with Gasteiger partial charge in [-0.05, 0) is 6.42 Å². The van der Waals surface area contributed by atoms with Gasteiger partial charge < -0.3 is 11.5 Å². The molecule has 0 aromatic carbocycles. The summed E-state index contributed by atoms with van der Waals surface area (Å²) in [5.41, 5.74) is 10.9. The lowest BCUT2D eigenvalue weighted by molar-refractivity contribution is 0.530. The first-order valence-electron chi connectivity index (χ1n) is 6.28. The Balaban J connectivity index is 0. The summed E-state index contributed by atoms with van der Waals surface area (Å²) in [7, 11) is 0.